The number of aryl methyl sites for hydroxylation is 1. The zero-order valence-electron chi connectivity index (χ0n) is 19.8. The Morgan fingerprint density at radius 3 is 2.37 bits per heavy atom. The highest BCUT2D eigenvalue weighted by Gasteiger charge is 2.17. The summed E-state index contributed by atoms with van der Waals surface area (Å²) < 4.78 is 15.3. The van der Waals surface area contributed by atoms with E-state index in [0.717, 1.165) is 37.3 Å². The molecule has 2 heterocycles. The summed E-state index contributed by atoms with van der Waals surface area (Å²) in [5.74, 6) is -0.254. The highest BCUT2D eigenvalue weighted by Crippen LogP contribution is 2.21. The lowest BCUT2D eigenvalue weighted by molar-refractivity contribution is 0.147. The fraction of sp³-hybridized carbons (Fsp3) is 0.308. The van der Waals surface area contributed by atoms with Crippen molar-refractivity contribution in [2.75, 3.05) is 33.2 Å². The van der Waals surface area contributed by atoms with Crippen LogP contribution >= 0.6 is 36.4 Å². The number of piperazine rings is 1. The molecule has 4 rings (SSSR count). The number of hydrogen-bond acceptors (Lipinski definition) is 4. The molecule has 1 fully saturated rings. The van der Waals surface area contributed by atoms with Crippen LogP contribution in [0.2, 0.25) is 5.02 Å². The first-order valence-corrected chi connectivity index (χ1v) is 11.5. The zero-order valence-corrected chi connectivity index (χ0v) is 22.2. The third-order valence-electron chi connectivity index (χ3n) is 5.95. The second-order valence-electron chi connectivity index (χ2n) is 8.54. The Morgan fingerprint density at radius 1 is 1.03 bits per heavy atom. The Morgan fingerprint density at radius 2 is 1.71 bits per heavy atom. The molecule has 0 aliphatic carbocycles. The lowest BCUT2D eigenvalue weighted by atomic mass is 10.1. The molecular formula is C26H30Cl3FN4O. The maximum Gasteiger partial charge on any atom is 0.271 e. The minimum Gasteiger partial charge on any atom is -0.304 e. The van der Waals surface area contributed by atoms with Crippen LogP contribution in [0.4, 0.5) is 4.39 Å². The van der Waals surface area contributed by atoms with Gasteiger partial charge in [0, 0.05) is 48.9 Å². The molecule has 0 radical (unpaired) electrons. The molecule has 0 saturated carbocycles. The molecule has 1 aliphatic rings. The van der Waals surface area contributed by atoms with E-state index in [1.165, 1.54) is 10.7 Å². The van der Waals surface area contributed by atoms with Gasteiger partial charge < -0.3 is 4.90 Å². The molecule has 2 aromatic carbocycles. The van der Waals surface area contributed by atoms with Crippen molar-refractivity contribution in [3.8, 4) is 11.3 Å². The van der Waals surface area contributed by atoms with Gasteiger partial charge >= 0.3 is 0 Å². The van der Waals surface area contributed by atoms with Crippen LogP contribution in [0.1, 0.15) is 16.7 Å². The van der Waals surface area contributed by atoms with Gasteiger partial charge in [0.2, 0.25) is 0 Å². The summed E-state index contributed by atoms with van der Waals surface area (Å²) in [6, 6.07) is 14.3. The van der Waals surface area contributed by atoms with Crippen LogP contribution in [0.25, 0.3) is 17.3 Å². The van der Waals surface area contributed by atoms with Crippen LogP contribution in [-0.4, -0.2) is 52.8 Å². The van der Waals surface area contributed by atoms with Crippen molar-refractivity contribution < 1.29 is 4.39 Å². The van der Waals surface area contributed by atoms with Gasteiger partial charge in [-0.3, -0.25) is 9.69 Å². The Hall–Kier alpha value is -2.22. The summed E-state index contributed by atoms with van der Waals surface area (Å²) in [4.78, 5) is 17.8. The molecule has 0 spiro atoms. The molecule has 1 aliphatic heterocycles. The Labute approximate surface area is 223 Å². The average Bonchev–Trinajstić information content (AvgIpc) is 2.80. The number of nitrogens with zero attached hydrogens (tertiary/aromatic N) is 4. The quantitative estimate of drug-likeness (QED) is 0.425. The van der Waals surface area contributed by atoms with Crippen LogP contribution in [0.5, 0.6) is 0 Å². The predicted molar refractivity (Wildman–Crippen MR) is 146 cm³/mol. The van der Waals surface area contributed by atoms with Crippen molar-refractivity contribution in [3.63, 3.8) is 0 Å². The molecule has 0 atom stereocenters. The first kappa shape index (κ1) is 29.0. The van der Waals surface area contributed by atoms with E-state index in [-0.39, 0.29) is 36.2 Å². The maximum absolute atomic E-state index is 13.8. The van der Waals surface area contributed by atoms with Crippen molar-refractivity contribution in [2.45, 2.75) is 20.0 Å². The van der Waals surface area contributed by atoms with Crippen LogP contribution in [-0.2, 0) is 13.1 Å². The van der Waals surface area contributed by atoms with Gasteiger partial charge in [0.15, 0.2) is 0 Å². The van der Waals surface area contributed by atoms with Gasteiger partial charge in [-0.1, -0.05) is 35.9 Å². The standard InChI is InChI=1S/C26H28ClFN4O.2ClH/c1-19-16-21(7-10-24(19)28)25-17-22(18-31-14-12-30(2)13-15-31)26(33)32(29-25)11-3-4-20-5-8-23(27)9-6-20;;/h3-10,16-17H,11-15,18H2,1-2H3;2*1H. The lowest BCUT2D eigenvalue weighted by Crippen LogP contribution is -2.44. The van der Waals surface area contributed by atoms with E-state index in [2.05, 4.69) is 21.9 Å². The van der Waals surface area contributed by atoms with E-state index in [0.29, 0.717) is 34.9 Å². The third kappa shape index (κ3) is 7.63. The molecule has 0 amide bonds. The van der Waals surface area contributed by atoms with Crippen molar-refractivity contribution in [2.24, 2.45) is 0 Å². The SMILES string of the molecule is Cc1cc(-c2cc(CN3CCN(C)CC3)c(=O)n(CC=Cc3ccc(Cl)cc3)n2)ccc1F.Cl.Cl. The average molecular weight is 540 g/mol. The Balaban J connectivity index is 0.00000216. The lowest BCUT2D eigenvalue weighted by Gasteiger charge is -2.32. The predicted octanol–water partition coefficient (Wildman–Crippen LogP) is 5.32. The number of likely N-dealkylation sites (N-methyl/N-ethyl adjacent to an activating group) is 1. The van der Waals surface area contributed by atoms with E-state index in [1.807, 2.05) is 42.5 Å². The van der Waals surface area contributed by atoms with Crippen molar-refractivity contribution in [3.05, 3.63) is 92.5 Å². The first-order chi connectivity index (χ1) is 15.9. The van der Waals surface area contributed by atoms with Gasteiger partial charge in [0.25, 0.3) is 5.56 Å². The van der Waals surface area contributed by atoms with Gasteiger partial charge in [-0.25, -0.2) is 9.07 Å². The summed E-state index contributed by atoms with van der Waals surface area (Å²) in [5, 5.41) is 5.29. The monoisotopic (exact) mass is 538 g/mol. The highest BCUT2D eigenvalue weighted by molar-refractivity contribution is 6.30. The molecule has 9 heteroatoms. The van der Waals surface area contributed by atoms with E-state index in [9.17, 15) is 9.18 Å². The topological polar surface area (TPSA) is 41.4 Å². The molecule has 188 valence electrons. The molecule has 0 unspecified atom stereocenters. The molecule has 0 N–H and O–H groups in total. The number of halogens is 4. The second-order valence-corrected chi connectivity index (χ2v) is 8.98. The summed E-state index contributed by atoms with van der Waals surface area (Å²) in [5.41, 5.74) is 3.61. The summed E-state index contributed by atoms with van der Waals surface area (Å²) >= 11 is 5.95. The van der Waals surface area contributed by atoms with Crippen molar-refractivity contribution >= 4 is 42.5 Å². The zero-order chi connectivity index (χ0) is 23.4. The molecule has 1 saturated heterocycles. The van der Waals surface area contributed by atoms with Crippen LogP contribution in [0.15, 0.2) is 59.4 Å². The smallest absolute Gasteiger partial charge is 0.271 e. The molecule has 35 heavy (non-hydrogen) atoms. The van der Waals surface area contributed by atoms with Crippen LogP contribution in [0.3, 0.4) is 0 Å². The fourth-order valence-corrected chi connectivity index (χ4v) is 4.01. The number of hydrogen-bond donors (Lipinski definition) is 0. The van der Waals surface area contributed by atoms with Crippen LogP contribution in [0, 0.1) is 12.7 Å². The normalized spacial score (nSPS) is 14.5. The van der Waals surface area contributed by atoms with E-state index < -0.39 is 0 Å². The van der Waals surface area contributed by atoms with E-state index >= 15 is 0 Å². The van der Waals surface area contributed by atoms with Crippen LogP contribution < -0.4 is 5.56 Å². The van der Waals surface area contributed by atoms with Gasteiger partial charge in [-0.2, -0.15) is 5.10 Å². The van der Waals surface area contributed by atoms with Gasteiger partial charge in [0.1, 0.15) is 5.82 Å². The molecule has 1 aromatic heterocycles. The second kappa shape index (κ2) is 13.2. The summed E-state index contributed by atoms with van der Waals surface area (Å²) in [6.45, 7) is 6.43. The molecule has 3 aromatic rings. The Bertz CT molecular complexity index is 1210. The number of rotatable bonds is 6. The van der Waals surface area contributed by atoms with Gasteiger partial charge in [-0.15, -0.1) is 24.8 Å². The Kier molecular flexibility index (Phi) is 10.9. The van der Waals surface area contributed by atoms with Crippen molar-refractivity contribution in [1.29, 1.82) is 0 Å². The number of benzene rings is 2. The largest absolute Gasteiger partial charge is 0.304 e. The fourth-order valence-electron chi connectivity index (χ4n) is 3.89. The highest BCUT2D eigenvalue weighted by atomic mass is 35.5. The first-order valence-electron chi connectivity index (χ1n) is 11.1. The number of allylic oxidation sites excluding steroid dienone is 1. The van der Waals surface area contributed by atoms with Gasteiger partial charge in [0.05, 0.1) is 12.2 Å². The molecule has 0 bridgehead atoms. The minimum atomic E-state index is -0.254. The van der Waals surface area contributed by atoms with Gasteiger partial charge in [-0.05, 0) is 61.5 Å². The summed E-state index contributed by atoms with van der Waals surface area (Å²) in [6.07, 6.45) is 3.86. The minimum absolute atomic E-state index is 0. The maximum atomic E-state index is 13.8. The third-order valence-corrected chi connectivity index (χ3v) is 6.20. The summed E-state index contributed by atoms with van der Waals surface area (Å²) in [7, 11) is 2.11. The molecule has 5 nitrogen and oxygen atoms in total. The van der Waals surface area contributed by atoms with E-state index in [4.69, 9.17) is 11.6 Å². The van der Waals surface area contributed by atoms with Crippen molar-refractivity contribution in [1.82, 2.24) is 19.6 Å². The van der Waals surface area contributed by atoms with E-state index in [1.54, 1.807) is 19.1 Å². The molecular weight excluding hydrogens is 510 g/mol. The number of aromatic nitrogens is 2.